The first-order chi connectivity index (χ1) is 5.77. The van der Waals surface area contributed by atoms with Crippen molar-refractivity contribution >= 4 is 11.6 Å². The van der Waals surface area contributed by atoms with Crippen LogP contribution in [0.25, 0.3) is 0 Å². The van der Waals surface area contributed by atoms with Crippen LogP contribution in [0.4, 0.5) is 0 Å². The quantitative estimate of drug-likeness (QED) is 0.710. The Labute approximate surface area is 75.9 Å². The molecule has 1 rings (SSSR count). The molecule has 0 atom stereocenters. The molecule has 0 radical (unpaired) electrons. The summed E-state index contributed by atoms with van der Waals surface area (Å²) in [4.78, 5) is 0. The van der Waals surface area contributed by atoms with Gasteiger partial charge in [0.25, 0.3) is 0 Å². The van der Waals surface area contributed by atoms with Crippen molar-refractivity contribution in [3.05, 3.63) is 28.8 Å². The van der Waals surface area contributed by atoms with Gasteiger partial charge < -0.3 is 9.94 Å². The molecule has 3 nitrogen and oxygen atoms in total. The van der Waals surface area contributed by atoms with Gasteiger partial charge in [-0.05, 0) is 12.1 Å². The monoisotopic (exact) mass is 187 g/mol. The number of methoxy groups -OCH3 is 1. The summed E-state index contributed by atoms with van der Waals surface area (Å²) in [5, 5.41) is 9.09. The van der Waals surface area contributed by atoms with Gasteiger partial charge in [0.05, 0.1) is 7.11 Å². The van der Waals surface area contributed by atoms with E-state index in [1.807, 2.05) is 0 Å². The van der Waals surface area contributed by atoms with E-state index in [0.29, 0.717) is 17.3 Å². The van der Waals surface area contributed by atoms with Crippen molar-refractivity contribution in [2.24, 2.45) is 0 Å². The third-order valence-electron chi connectivity index (χ3n) is 1.52. The molecular weight excluding hydrogens is 178 g/mol. The minimum Gasteiger partial charge on any atom is -0.496 e. The maximum absolute atomic E-state index is 8.47. The van der Waals surface area contributed by atoms with Crippen molar-refractivity contribution in [2.45, 2.75) is 6.54 Å². The molecule has 0 aliphatic heterocycles. The molecule has 1 aromatic rings. The number of nitrogens with one attached hydrogen (secondary N) is 1. The predicted molar refractivity (Wildman–Crippen MR) is 46.6 cm³/mol. The molecule has 0 amide bonds. The molecule has 2 N–H and O–H groups in total. The molecule has 1 aromatic carbocycles. The molecule has 66 valence electrons. The van der Waals surface area contributed by atoms with E-state index < -0.39 is 0 Å². The summed E-state index contributed by atoms with van der Waals surface area (Å²) in [5.74, 6) is 0.670. The Morgan fingerprint density at radius 2 is 2.33 bits per heavy atom. The molecule has 0 aromatic heterocycles. The fraction of sp³-hybridized carbons (Fsp3) is 0.250. The first kappa shape index (κ1) is 9.32. The maximum atomic E-state index is 8.47. The third-order valence-corrected chi connectivity index (χ3v) is 1.75. The van der Waals surface area contributed by atoms with Crippen molar-refractivity contribution in [1.29, 1.82) is 0 Å². The van der Waals surface area contributed by atoms with Crippen LogP contribution in [-0.2, 0) is 6.54 Å². The zero-order valence-corrected chi connectivity index (χ0v) is 7.43. The highest BCUT2D eigenvalue weighted by molar-refractivity contribution is 6.30. The first-order valence-electron chi connectivity index (χ1n) is 3.47. The normalized spacial score (nSPS) is 9.92. The number of halogens is 1. The van der Waals surface area contributed by atoms with Gasteiger partial charge in [-0.2, -0.15) is 0 Å². The molecule has 0 fully saturated rings. The van der Waals surface area contributed by atoms with Crippen LogP contribution in [0.3, 0.4) is 0 Å². The largest absolute Gasteiger partial charge is 0.496 e. The summed E-state index contributed by atoms with van der Waals surface area (Å²) in [6, 6.07) is 5.25. The van der Waals surface area contributed by atoms with Gasteiger partial charge in [-0.1, -0.05) is 17.7 Å². The molecule has 0 bridgehead atoms. The lowest BCUT2D eigenvalue weighted by Gasteiger charge is -2.06. The van der Waals surface area contributed by atoms with Gasteiger partial charge >= 0.3 is 0 Å². The van der Waals surface area contributed by atoms with E-state index >= 15 is 0 Å². The van der Waals surface area contributed by atoms with Crippen LogP contribution in [0.2, 0.25) is 5.02 Å². The van der Waals surface area contributed by atoms with Crippen LogP contribution >= 0.6 is 11.6 Å². The Hall–Kier alpha value is -0.770. The molecule has 0 saturated heterocycles. The van der Waals surface area contributed by atoms with E-state index in [4.69, 9.17) is 21.5 Å². The van der Waals surface area contributed by atoms with E-state index in [1.165, 1.54) is 0 Å². The smallest absolute Gasteiger partial charge is 0.124 e. The van der Waals surface area contributed by atoms with Crippen molar-refractivity contribution in [1.82, 2.24) is 5.48 Å². The predicted octanol–water partition coefficient (Wildman–Crippen LogP) is 1.83. The van der Waals surface area contributed by atoms with Crippen LogP contribution in [0.15, 0.2) is 18.2 Å². The summed E-state index contributed by atoms with van der Waals surface area (Å²) in [6.07, 6.45) is 0. The van der Waals surface area contributed by atoms with Gasteiger partial charge in [-0.3, -0.25) is 0 Å². The van der Waals surface area contributed by atoms with Crippen molar-refractivity contribution in [3.8, 4) is 5.75 Å². The average molecular weight is 188 g/mol. The van der Waals surface area contributed by atoms with Crippen LogP contribution in [0, 0.1) is 0 Å². The second-order valence-electron chi connectivity index (χ2n) is 2.29. The third kappa shape index (κ3) is 2.11. The lowest BCUT2D eigenvalue weighted by molar-refractivity contribution is 0.160. The number of hydrogen-bond acceptors (Lipinski definition) is 3. The standard InChI is InChI=1S/C8H10ClNO2/c1-12-8-4-7(9)3-2-6(8)5-10-11/h2-4,10-11H,5H2,1H3. The second-order valence-corrected chi connectivity index (χ2v) is 2.73. The molecule has 0 saturated carbocycles. The molecule has 0 unspecified atom stereocenters. The molecule has 0 aliphatic rings. The number of hydrogen-bond donors (Lipinski definition) is 2. The van der Waals surface area contributed by atoms with Crippen LogP contribution in [0.5, 0.6) is 5.75 Å². The van der Waals surface area contributed by atoms with E-state index in [1.54, 1.807) is 25.3 Å². The molecular formula is C8H10ClNO2. The lowest BCUT2D eigenvalue weighted by atomic mass is 10.2. The highest BCUT2D eigenvalue weighted by Gasteiger charge is 2.01. The number of benzene rings is 1. The Kier molecular flexibility index (Phi) is 3.34. The maximum Gasteiger partial charge on any atom is 0.124 e. The van der Waals surface area contributed by atoms with Gasteiger partial charge in [0, 0.05) is 17.1 Å². The van der Waals surface area contributed by atoms with Crippen molar-refractivity contribution in [2.75, 3.05) is 7.11 Å². The van der Waals surface area contributed by atoms with Gasteiger partial charge in [0.1, 0.15) is 5.75 Å². The van der Waals surface area contributed by atoms with E-state index in [0.717, 1.165) is 5.56 Å². The molecule has 4 heteroatoms. The Bertz CT molecular complexity index is 265. The minimum absolute atomic E-state index is 0.348. The van der Waals surface area contributed by atoms with Crippen molar-refractivity contribution < 1.29 is 9.94 Å². The van der Waals surface area contributed by atoms with Gasteiger partial charge in [0.2, 0.25) is 0 Å². The zero-order chi connectivity index (χ0) is 8.97. The molecule has 12 heavy (non-hydrogen) atoms. The molecule has 0 aliphatic carbocycles. The number of rotatable bonds is 3. The number of ether oxygens (including phenoxy) is 1. The molecule has 0 spiro atoms. The summed E-state index contributed by atoms with van der Waals surface area (Å²) in [7, 11) is 1.56. The van der Waals surface area contributed by atoms with Crippen LogP contribution in [-0.4, -0.2) is 12.3 Å². The van der Waals surface area contributed by atoms with E-state index in [2.05, 4.69) is 5.48 Å². The van der Waals surface area contributed by atoms with Crippen LogP contribution < -0.4 is 10.2 Å². The average Bonchev–Trinajstić information content (AvgIpc) is 2.08. The Balaban J connectivity index is 2.94. The van der Waals surface area contributed by atoms with E-state index in [-0.39, 0.29) is 0 Å². The van der Waals surface area contributed by atoms with E-state index in [9.17, 15) is 0 Å². The summed E-state index contributed by atoms with van der Waals surface area (Å²) in [6.45, 7) is 0.348. The Morgan fingerprint density at radius 1 is 1.58 bits per heavy atom. The highest BCUT2D eigenvalue weighted by atomic mass is 35.5. The first-order valence-corrected chi connectivity index (χ1v) is 3.85. The fourth-order valence-corrected chi connectivity index (χ4v) is 1.11. The van der Waals surface area contributed by atoms with Gasteiger partial charge in [0.15, 0.2) is 0 Å². The zero-order valence-electron chi connectivity index (χ0n) is 6.67. The highest BCUT2D eigenvalue weighted by Crippen LogP contribution is 2.22. The fourth-order valence-electron chi connectivity index (χ4n) is 0.950. The van der Waals surface area contributed by atoms with Gasteiger partial charge in [-0.15, -0.1) is 0 Å². The summed E-state index contributed by atoms with van der Waals surface area (Å²) in [5.41, 5.74) is 2.92. The van der Waals surface area contributed by atoms with Crippen molar-refractivity contribution in [3.63, 3.8) is 0 Å². The summed E-state index contributed by atoms with van der Waals surface area (Å²) >= 11 is 5.73. The topological polar surface area (TPSA) is 41.5 Å². The SMILES string of the molecule is COc1cc(Cl)ccc1CNO. The lowest BCUT2D eigenvalue weighted by Crippen LogP contribution is -2.07. The van der Waals surface area contributed by atoms with Crippen LogP contribution in [0.1, 0.15) is 5.56 Å². The minimum atomic E-state index is 0.348. The molecule has 0 heterocycles. The Morgan fingerprint density at radius 3 is 2.92 bits per heavy atom. The summed E-state index contributed by atoms with van der Waals surface area (Å²) < 4.78 is 5.04. The second kappa shape index (κ2) is 4.30. The number of hydroxylamine groups is 1. The van der Waals surface area contributed by atoms with Gasteiger partial charge in [-0.25, -0.2) is 5.48 Å².